The van der Waals surface area contributed by atoms with Crippen molar-refractivity contribution < 1.29 is 13.2 Å². The molecule has 0 aromatic heterocycles. The van der Waals surface area contributed by atoms with Gasteiger partial charge < -0.3 is 0 Å². The first-order chi connectivity index (χ1) is 4.47. The van der Waals surface area contributed by atoms with Crippen molar-refractivity contribution in [2.75, 3.05) is 5.34 Å². The summed E-state index contributed by atoms with van der Waals surface area (Å²) in [5, 5.41) is 0.194. The number of alkyl halides is 2. The highest BCUT2D eigenvalue weighted by atomic mass is 35.7. The summed E-state index contributed by atoms with van der Waals surface area (Å²) >= 11 is 9.53. The van der Waals surface area contributed by atoms with Gasteiger partial charge in [-0.05, 0) is 0 Å². The Hall–Kier alpha value is 0.200. The van der Waals surface area contributed by atoms with Gasteiger partial charge in [0.1, 0.15) is 0 Å². The number of nitrogens with zero attached hydrogens (tertiary/aromatic N) is 1. The maximum absolute atomic E-state index is 9.57. The molecule has 0 saturated carbocycles. The minimum absolute atomic E-state index is 0.194. The van der Waals surface area contributed by atoms with Crippen molar-refractivity contribution in [3.8, 4) is 0 Å². The minimum atomic E-state index is -4.00. The third-order valence-electron chi connectivity index (χ3n) is 0.146. The second-order valence-corrected chi connectivity index (χ2v) is 3.68. The van der Waals surface area contributed by atoms with Crippen molar-refractivity contribution >= 4 is 49.2 Å². The van der Waals surface area contributed by atoms with E-state index in [4.69, 9.17) is 28.0 Å². The van der Waals surface area contributed by atoms with Crippen LogP contribution in [0.15, 0.2) is 4.40 Å². The van der Waals surface area contributed by atoms with Crippen molar-refractivity contribution in [3.05, 3.63) is 0 Å². The van der Waals surface area contributed by atoms with Crippen molar-refractivity contribution in [2.24, 2.45) is 4.40 Å². The molecule has 0 spiro atoms. The van der Waals surface area contributed by atoms with Crippen molar-refractivity contribution in [2.45, 2.75) is 0 Å². The third-order valence-corrected chi connectivity index (χ3v) is 0.646. The van der Waals surface area contributed by atoms with Crippen LogP contribution in [0.2, 0.25) is 0 Å². The molecule has 0 N–H and O–H groups in total. The highest BCUT2D eigenvalue weighted by Crippen LogP contribution is 1.93. The van der Waals surface area contributed by atoms with Gasteiger partial charge in [-0.1, -0.05) is 4.40 Å². The zero-order valence-electron chi connectivity index (χ0n) is 4.42. The van der Waals surface area contributed by atoms with Gasteiger partial charge in [0.15, 0.2) is 0 Å². The lowest BCUT2D eigenvalue weighted by molar-refractivity contribution is 0.564. The molecule has 0 bridgehead atoms. The summed E-state index contributed by atoms with van der Waals surface area (Å²) in [6, 6.07) is 0. The van der Waals surface area contributed by atoms with Gasteiger partial charge in [-0.15, -0.1) is 23.2 Å². The van der Waals surface area contributed by atoms with E-state index < -0.39 is 9.24 Å². The SMILES string of the molecule is ClCCl.O=C=NS(=O)(=O)Cl. The van der Waals surface area contributed by atoms with Crippen molar-refractivity contribution in [1.29, 1.82) is 0 Å². The average Bonchev–Trinajstić information content (AvgIpc) is 1.63. The van der Waals surface area contributed by atoms with Gasteiger partial charge in [0.05, 0.1) is 5.34 Å². The smallest absolute Gasteiger partial charge is 0.210 e. The Labute approximate surface area is 72.3 Å². The molecule has 0 aromatic rings. The van der Waals surface area contributed by atoms with Gasteiger partial charge in [-0.25, -0.2) is 4.79 Å². The van der Waals surface area contributed by atoms with E-state index in [2.05, 4.69) is 15.1 Å². The third kappa shape index (κ3) is 24.1. The largest absolute Gasteiger partial charge is 0.350 e. The number of hydrogen-bond donors (Lipinski definition) is 0. The topological polar surface area (TPSA) is 63.6 Å². The lowest BCUT2D eigenvalue weighted by Gasteiger charge is -1.67. The molecule has 0 unspecified atom stereocenters. The molecule has 0 radical (unpaired) electrons. The molecule has 0 heterocycles. The second kappa shape index (κ2) is 7.31. The normalized spacial score (nSPS) is 8.70. The van der Waals surface area contributed by atoms with E-state index in [0.29, 0.717) is 0 Å². The quantitative estimate of drug-likeness (QED) is 0.292. The summed E-state index contributed by atoms with van der Waals surface area (Å²) in [5.41, 5.74) is 0. The van der Waals surface area contributed by atoms with E-state index in [-0.39, 0.29) is 5.34 Å². The molecule has 0 aliphatic carbocycles. The van der Waals surface area contributed by atoms with Gasteiger partial charge in [-0.3, -0.25) is 0 Å². The first-order valence-electron chi connectivity index (χ1n) is 1.63. The second-order valence-electron chi connectivity index (χ2n) is 0.696. The fraction of sp³-hybridized carbons (Fsp3) is 0.500. The lowest BCUT2D eigenvalue weighted by atomic mass is 11.7. The molecule has 0 fully saturated rings. The van der Waals surface area contributed by atoms with E-state index in [1.54, 1.807) is 0 Å². The van der Waals surface area contributed by atoms with Crippen LogP contribution in [-0.2, 0) is 14.0 Å². The molecule has 0 aromatic carbocycles. The van der Waals surface area contributed by atoms with E-state index in [0.717, 1.165) is 6.08 Å². The van der Waals surface area contributed by atoms with Crippen LogP contribution in [0.4, 0.5) is 0 Å². The molecule has 4 nitrogen and oxygen atoms in total. The van der Waals surface area contributed by atoms with Crippen molar-refractivity contribution in [3.63, 3.8) is 0 Å². The van der Waals surface area contributed by atoms with Crippen LogP contribution in [0.5, 0.6) is 0 Å². The molecule has 8 heteroatoms. The Morgan fingerprint density at radius 3 is 1.70 bits per heavy atom. The average molecular weight is 226 g/mol. The Balaban J connectivity index is 0. The molecule has 0 atom stereocenters. The van der Waals surface area contributed by atoms with Crippen LogP contribution in [-0.4, -0.2) is 19.8 Å². The number of hydrogen-bond acceptors (Lipinski definition) is 3. The predicted molar refractivity (Wildman–Crippen MR) is 39.5 cm³/mol. The first kappa shape index (κ1) is 12.8. The lowest BCUT2D eigenvalue weighted by Crippen LogP contribution is -1.76. The van der Waals surface area contributed by atoms with Crippen LogP contribution in [0.1, 0.15) is 0 Å². The van der Waals surface area contributed by atoms with Gasteiger partial charge in [0, 0.05) is 10.7 Å². The number of rotatable bonds is 1. The van der Waals surface area contributed by atoms with Crippen LogP contribution >= 0.6 is 33.9 Å². The van der Waals surface area contributed by atoms with Crippen LogP contribution in [0.25, 0.3) is 0 Å². The zero-order chi connectivity index (χ0) is 8.62. The maximum Gasteiger partial charge on any atom is 0.350 e. The molecular weight excluding hydrogens is 224 g/mol. The van der Waals surface area contributed by atoms with Gasteiger partial charge in [0.2, 0.25) is 0 Å². The molecule has 0 saturated heterocycles. The predicted octanol–water partition coefficient (Wildman–Crippen LogP) is 1.23. The van der Waals surface area contributed by atoms with Gasteiger partial charge in [-0.2, -0.15) is 8.42 Å². The Kier molecular flexibility index (Phi) is 9.38. The molecule has 0 amide bonds. The fourth-order valence-corrected chi connectivity index (χ4v) is 0.218. The summed E-state index contributed by atoms with van der Waals surface area (Å²) in [6.45, 7) is 0. The van der Waals surface area contributed by atoms with E-state index in [9.17, 15) is 8.42 Å². The summed E-state index contributed by atoms with van der Waals surface area (Å²) in [5.74, 6) is 0. The Morgan fingerprint density at radius 2 is 1.70 bits per heavy atom. The molecular formula is C2H2Cl3NO3S. The van der Waals surface area contributed by atoms with E-state index in [1.807, 2.05) is 0 Å². The highest BCUT2D eigenvalue weighted by Gasteiger charge is 1.95. The summed E-state index contributed by atoms with van der Waals surface area (Å²) < 4.78 is 21.3. The molecule has 0 aliphatic heterocycles. The standard InChI is InChI=1S/CH2Cl2.CClNO3S/c2-1-3;2-7(5,6)3-1-4/h1H2;. The van der Waals surface area contributed by atoms with Gasteiger partial charge >= 0.3 is 9.24 Å². The molecule has 10 heavy (non-hydrogen) atoms. The van der Waals surface area contributed by atoms with Crippen LogP contribution in [0.3, 0.4) is 0 Å². The number of carbonyl (C=O) groups excluding carboxylic acids is 1. The highest BCUT2D eigenvalue weighted by molar-refractivity contribution is 8.12. The summed E-state index contributed by atoms with van der Waals surface area (Å²) in [7, 11) is 0.376. The van der Waals surface area contributed by atoms with Crippen LogP contribution in [0, 0.1) is 0 Å². The van der Waals surface area contributed by atoms with Crippen molar-refractivity contribution in [1.82, 2.24) is 0 Å². The maximum atomic E-state index is 9.57. The summed E-state index contributed by atoms with van der Waals surface area (Å²) in [4.78, 5) is 9.07. The van der Waals surface area contributed by atoms with E-state index in [1.165, 1.54) is 0 Å². The fourth-order valence-electron chi connectivity index (χ4n) is 0.0445. The molecule has 0 rings (SSSR count). The summed E-state index contributed by atoms with van der Waals surface area (Å²) in [6.07, 6.45) is 0.763. The monoisotopic (exact) mass is 225 g/mol. The Morgan fingerprint density at radius 1 is 1.40 bits per heavy atom. The van der Waals surface area contributed by atoms with E-state index >= 15 is 0 Å². The molecule has 0 aliphatic rings. The first-order valence-corrected chi connectivity index (χ1v) is 4.97. The Bertz CT molecular complexity index is 206. The minimum Gasteiger partial charge on any atom is -0.210 e. The molecule has 60 valence electrons. The zero-order valence-corrected chi connectivity index (χ0v) is 7.51. The van der Waals surface area contributed by atoms with Crippen LogP contribution < -0.4 is 0 Å². The number of isocyanates is 1. The van der Waals surface area contributed by atoms with Gasteiger partial charge in [0.25, 0.3) is 6.08 Å². The number of halogens is 3.